The van der Waals surface area contributed by atoms with E-state index >= 15 is 0 Å². The van der Waals surface area contributed by atoms with Gasteiger partial charge < -0.3 is 9.30 Å². The van der Waals surface area contributed by atoms with Gasteiger partial charge in [0.05, 0.1) is 10.3 Å². The highest BCUT2D eigenvalue weighted by Gasteiger charge is 2.20. The summed E-state index contributed by atoms with van der Waals surface area (Å²) < 4.78 is 20.5. The summed E-state index contributed by atoms with van der Waals surface area (Å²) >= 11 is 7.36. The Hall–Kier alpha value is -2.38. The summed E-state index contributed by atoms with van der Waals surface area (Å²) in [6, 6.07) is 12.7. The number of benzene rings is 2. The van der Waals surface area contributed by atoms with Crippen molar-refractivity contribution in [1.29, 1.82) is 0 Å². The van der Waals surface area contributed by atoms with Crippen molar-refractivity contribution in [2.75, 3.05) is 0 Å². The van der Waals surface area contributed by atoms with Crippen LogP contribution in [0.15, 0.2) is 53.7 Å². The van der Waals surface area contributed by atoms with Crippen LogP contribution >= 0.6 is 23.4 Å². The first-order chi connectivity index (χ1) is 13.0. The zero-order chi connectivity index (χ0) is 19.4. The van der Waals surface area contributed by atoms with E-state index in [1.807, 2.05) is 19.2 Å². The van der Waals surface area contributed by atoms with Gasteiger partial charge in [0.2, 0.25) is 0 Å². The number of para-hydroxylation sites is 1. The van der Waals surface area contributed by atoms with Gasteiger partial charge in [-0.3, -0.25) is 4.79 Å². The zero-order valence-electron chi connectivity index (χ0n) is 14.7. The second-order valence-corrected chi connectivity index (χ2v) is 7.52. The molecule has 0 bridgehead atoms. The van der Waals surface area contributed by atoms with Gasteiger partial charge in [0.1, 0.15) is 18.2 Å². The third kappa shape index (κ3) is 4.67. The maximum Gasteiger partial charge on any atom is 0.191 e. The van der Waals surface area contributed by atoms with Crippen molar-refractivity contribution in [3.8, 4) is 5.75 Å². The van der Waals surface area contributed by atoms with Crippen LogP contribution in [0.4, 0.5) is 4.39 Å². The quantitative estimate of drug-likeness (QED) is 0.426. The summed E-state index contributed by atoms with van der Waals surface area (Å²) in [5.74, 6) is 0.704. The number of hydrogen-bond acceptors (Lipinski definition) is 5. The van der Waals surface area contributed by atoms with E-state index < -0.39 is 5.25 Å². The third-order valence-electron chi connectivity index (χ3n) is 3.90. The number of rotatable bonds is 7. The maximum absolute atomic E-state index is 13.0. The molecule has 0 amide bonds. The number of ketones is 1. The Kier molecular flexibility index (Phi) is 6.13. The molecule has 0 N–H and O–H groups in total. The van der Waals surface area contributed by atoms with Gasteiger partial charge in [-0.2, -0.15) is 0 Å². The first-order valence-electron chi connectivity index (χ1n) is 8.17. The molecule has 8 heteroatoms. The normalized spacial score (nSPS) is 12.0. The molecule has 2 aromatic carbocycles. The van der Waals surface area contributed by atoms with Crippen LogP contribution in [-0.4, -0.2) is 25.8 Å². The lowest BCUT2D eigenvalue weighted by atomic mass is 10.1. The van der Waals surface area contributed by atoms with Crippen molar-refractivity contribution >= 4 is 29.1 Å². The van der Waals surface area contributed by atoms with Crippen LogP contribution in [0.25, 0.3) is 0 Å². The van der Waals surface area contributed by atoms with Crippen LogP contribution in [0.1, 0.15) is 23.1 Å². The number of carbonyl (C=O) groups excluding carboxylic acids is 1. The van der Waals surface area contributed by atoms with Gasteiger partial charge in [-0.05, 0) is 43.3 Å². The van der Waals surface area contributed by atoms with Crippen molar-refractivity contribution in [1.82, 2.24) is 14.8 Å². The van der Waals surface area contributed by atoms with Gasteiger partial charge in [0, 0.05) is 12.6 Å². The third-order valence-corrected chi connectivity index (χ3v) is 5.34. The van der Waals surface area contributed by atoms with E-state index in [-0.39, 0.29) is 18.2 Å². The van der Waals surface area contributed by atoms with E-state index in [4.69, 9.17) is 16.3 Å². The molecule has 5 nitrogen and oxygen atoms in total. The van der Waals surface area contributed by atoms with E-state index in [1.54, 1.807) is 23.6 Å². The Labute approximate surface area is 165 Å². The van der Waals surface area contributed by atoms with Crippen molar-refractivity contribution in [2.45, 2.75) is 23.9 Å². The second kappa shape index (κ2) is 8.54. The summed E-state index contributed by atoms with van der Waals surface area (Å²) in [5.41, 5.74) is 0.459. The predicted octanol–water partition coefficient (Wildman–Crippen LogP) is 4.55. The smallest absolute Gasteiger partial charge is 0.191 e. The van der Waals surface area contributed by atoms with Crippen molar-refractivity contribution in [3.63, 3.8) is 0 Å². The fraction of sp³-hybridized carbons (Fsp3) is 0.211. The molecule has 0 aliphatic heterocycles. The fourth-order valence-corrected chi connectivity index (χ4v) is 3.44. The number of ether oxygens (including phenoxy) is 1. The molecule has 0 spiro atoms. The number of carbonyl (C=O) groups is 1. The van der Waals surface area contributed by atoms with Crippen molar-refractivity contribution in [2.24, 2.45) is 7.05 Å². The van der Waals surface area contributed by atoms with Gasteiger partial charge in [-0.25, -0.2) is 4.39 Å². The van der Waals surface area contributed by atoms with Crippen LogP contribution < -0.4 is 4.74 Å². The number of thioether (sulfide) groups is 1. The molecule has 140 valence electrons. The minimum atomic E-state index is -0.393. The molecule has 27 heavy (non-hydrogen) atoms. The van der Waals surface area contributed by atoms with E-state index in [0.29, 0.717) is 27.3 Å². The van der Waals surface area contributed by atoms with Crippen LogP contribution in [0.2, 0.25) is 5.02 Å². The standard InChI is InChI=1S/C19H17ClFN3O2S/c1-12(18(25)13-7-9-14(21)10-8-13)27-19-23-22-17(24(19)2)11-26-16-6-4-3-5-15(16)20/h3-10,12H,11H2,1-2H3. The highest BCUT2D eigenvalue weighted by atomic mass is 35.5. The van der Waals surface area contributed by atoms with Gasteiger partial charge in [-0.1, -0.05) is 35.5 Å². The molecule has 0 saturated carbocycles. The molecule has 0 fully saturated rings. The number of aromatic nitrogens is 3. The SMILES string of the molecule is CC(Sc1nnc(COc2ccccc2Cl)n1C)C(=O)c1ccc(F)cc1. The molecule has 0 saturated heterocycles. The van der Waals surface area contributed by atoms with E-state index in [1.165, 1.54) is 36.0 Å². The Balaban J connectivity index is 1.65. The minimum Gasteiger partial charge on any atom is -0.484 e. The average Bonchev–Trinajstić information content (AvgIpc) is 3.01. The van der Waals surface area contributed by atoms with E-state index in [0.717, 1.165) is 0 Å². The lowest BCUT2D eigenvalue weighted by molar-refractivity contribution is 0.0994. The largest absolute Gasteiger partial charge is 0.484 e. The van der Waals surface area contributed by atoms with Crippen LogP contribution in [0, 0.1) is 5.82 Å². The molecule has 3 rings (SSSR count). The Morgan fingerprint density at radius 2 is 1.93 bits per heavy atom. The summed E-state index contributed by atoms with van der Waals surface area (Å²) in [7, 11) is 1.81. The van der Waals surface area contributed by atoms with Gasteiger partial charge in [0.25, 0.3) is 0 Å². The lowest BCUT2D eigenvalue weighted by Crippen LogP contribution is -2.14. The zero-order valence-corrected chi connectivity index (χ0v) is 16.3. The molecule has 3 aromatic rings. The number of nitrogens with zero attached hydrogens (tertiary/aromatic N) is 3. The van der Waals surface area contributed by atoms with Crippen LogP contribution in [-0.2, 0) is 13.7 Å². The van der Waals surface area contributed by atoms with Crippen LogP contribution in [0.3, 0.4) is 0 Å². The molecular formula is C19H17ClFN3O2S. The molecule has 1 heterocycles. The molecule has 1 atom stereocenters. The maximum atomic E-state index is 13.0. The molecule has 0 radical (unpaired) electrons. The average molecular weight is 406 g/mol. The monoisotopic (exact) mass is 405 g/mol. The Morgan fingerprint density at radius 3 is 2.63 bits per heavy atom. The Morgan fingerprint density at radius 1 is 1.22 bits per heavy atom. The molecule has 1 aromatic heterocycles. The Bertz CT molecular complexity index is 946. The molecule has 0 aliphatic carbocycles. The molecule has 0 aliphatic rings. The van der Waals surface area contributed by atoms with E-state index in [9.17, 15) is 9.18 Å². The minimum absolute atomic E-state index is 0.100. The summed E-state index contributed by atoms with van der Waals surface area (Å²) in [6.45, 7) is 1.99. The number of Topliss-reactive ketones (excluding diaryl/α,β-unsaturated/α-hetero) is 1. The van der Waals surface area contributed by atoms with Crippen molar-refractivity contribution < 1.29 is 13.9 Å². The predicted molar refractivity (Wildman–Crippen MR) is 103 cm³/mol. The fourth-order valence-electron chi connectivity index (χ4n) is 2.34. The van der Waals surface area contributed by atoms with Gasteiger partial charge >= 0.3 is 0 Å². The van der Waals surface area contributed by atoms with Gasteiger partial charge in [-0.15, -0.1) is 10.2 Å². The topological polar surface area (TPSA) is 57.0 Å². The highest BCUT2D eigenvalue weighted by molar-refractivity contribution is 8.00. The lowest BCUT2D eigenvalue weighted by Gasteiger charge is -2.10. The first-order valence-corrected chi connectivity index (χ1v) is 9.43. The summed E-state index contributed by atoms with van der Waals surface area (Å²) in [4.78, 5) is 12.5. The molecular weight excluding hydrogens is 389 g/mol. The summed E-state index contributed by atoms with van der Waals surface area (Å²) in [6.07, 6.45) is 0. The summed E-state index contributed by atoms with van der Waals surface area (Å²) in [5, 5.41) is 8.97. The molecule has 1 unspecified atom stereocenters. The van der Waals surface area contributed by atoms with E-state index in [2.05, 4.69) is 10.2 Å². The second-order valence-electron chi connectivity index (χ2n) is 5.81. The highest BCUT2D eigenvalue weighted by Crippen LogP contribution is 2.26. The van der Waals surface area contributed by atoms with Crippen LogP contribution in [0.5, 0.6) is 5.75 Å². The van der Waals surface area contributed by atoms with Crippen molar-refractivity contribution in [3.05, 3.63) is 70.8 Å². The number of halogens is 2. The van der Waals surface area contributed by atoms with Gasteiger partial charge in [0.15, 0.2) is 16.8 Å². The first kappa shape index (κ1) is 19.4. The number of hydrogen-bond donors (Lipinski definition) is 0.